The zero-order valence-corrected chi connectivity index (χ0v) is 16.2. The minimum atomic E-state index is -1.56. The molecule has 0 amide bonds. The predicted octanol–water partition coefficient (Wildman–Crippen LogP) is 2.33. The molecule has 1 aliphatic rings. The quantitative estimate of drug-likeness (QED) is 0.650. The summed E-state index contributed by atoms with van der Waals surface area (Å²) in [7, 11) is 0. The topological polar surface area (TPSA) is 87.5 Å². The average Bonchev–Trinajstić information content (AvgIpc) is 2.70. The van der Waals surface area contributed by atoms with E-state index in [0.717, 1.165) is 29.1 Å². The number of carboxylic acids is 1. The fourth-order valence-electron chi connectivity index (χ4n) is 3.43. The SMILES string of the molecule is Cl.O=C(O)c1cn(-c2ccc(F)cn2)c2c(F)c(N3CCNCC3)c(F)cc2c1=O. The molecule has 7 nitrogen and oxygen atoms in total. The van der Waals surface area contributed by atoms with Gasteiger partial charge in [0, 0.05) is 32.4 Å². The van der Waals surface area contributed by atoms with E-state index in [1.54, 1.807) is 0 Å². The van der Waals surface area contributed by atoms with E-state index >= 15 is 4.39 Å². The molecule has 1 fully saturated rings. The van der Waals surface area contributed by atoms with Gasteiger partial charge in [-0.05, 0) is 18.2 Å². The van der Waals surface area contributed by atoms with Gasteiger partial charge in [0.1, 0.15) is 28.7 Å². The summed E-state index contributed by atoms with van der Waals surface area (Å²) in [5, 5.41) is 12.0. The van der Waals surface area contributed by atoms with Crippen LogP contribution in [0.4, 0.5) is 18.9 Å². The molecule has 0 bridgehead atoms. The zero-order chi connectivity index (χ0) is 20.7. The highest BCUT2D eigenvalue weighted by Gasteiger charge is 2.26. The second kappa shape index (κ2) is 8.33. The number of nitrogens with one attached hydrogen (secondary N) is 1. The number of carbonyl (C=O) groups is 1. The van der Waals surface area contributed by atoms with Crippen LogP contribution in [0.3, 0.4) is 0 Å². The Bertz CT molecular complexity index is 1180. The van der Waals surface area contributed by atoms with Crippen LogP contribution < -0.4 is 15.6 Å². The summed E-state index contributed by atoms with van der Waals surface area (Å²) in [5.41, 5.74) is -2.33. The molecule has 158 valence electrons. The first kappa shape index (κ1) is 21.6. The van der Waals surface area contributed by atoms with Crippen LogP contribution in [0.5, 0.6) is 0 Å². The number of piperazine rings is 1. The summed E-state index contributed by atoms with van der Waals surface area (Å²) in [6.07, 6.45) is 1.79. The molecule has 3 aromatic rings. The van der Waals surface area contributed by atoms with Gasteiger partial charge in [-0.3, -0.25) is 9.36 Å². The number of anilines is 1. The van der Waals surface area contributed by atoms with Crippen LogP contribution in [0.25, 0.3) is 16.7 Å². The van der Waals surface area contributed by atoms with Gasteiger partial charge in [-0.15, -0.1) is 12.4 Å². The molecule has 1 aromatic carbocycles. The second-order valence-corrected chi connectivity index (χ2v) is 6.54. The number of aromatic carboxylic acids is 1. The van der Waals surface area contributed by atoms with E-state index in [0.29, 0.717) is 26.2 Å². The first-order chi connectivity index (χ1) is 13.9. The Morgan fingerprint density at radius 1 is 1.17 bits per heavy atom. The molecule has 2 N–H and O–H groups in total. The first-order valence-electron chi connectivity index (χ1n) is 8.76. The van der Waals surface area contributed by atoms with Crippen molar-refractivity contribution in [2.75, 3.05) is 31.1 Å². The molecule has 1 aliphatic heterocycles. The highest BCUT2D eigenvalue weighted by atomic mass is 35.5. The Kier molecular flexibility index (Phi) is 5.99. The third kappa shape index (κ3) is 3.59. The summed E-state index contributed by atoms with van der Waals surface area (Å²) in [5.74, 6) is -4.20. The van der Waals surface area contributed by atoms with Crippen molar-refractivity contribution >= 4 is 35.0 Å². The Morgan fingerprint density at radius 2 is 1.87 bits per heavy atom. The summed E-state index contributed by atoms with van der Waals surface area (Å²) in [6, 6.07) is 3.11. The maximum absolute atomic E-state index is 15.5. The van der Waals surface area contributed by atoms with E-state index in [9.17, 15) is 23.5 Å². The number of hydrogen-bond donors (Lipinski definition) is 2. The van der Waals surface area contributed by atoms with Crippen molar-refractivity contribution in [2.24, 2.45) is 0 Å². The van der Waals surface area contributed by atoms with Gasteiger partial charge in [0.15, 0.2) is 5.82 Å². The number of nitrogens with zero attached hydrogens (tertiary/aromatic N) is 3. The Balaban J connectivity index is 0.00000256. The summed E-state index contributed by atoms with van der Waals surface area (Å²) in [4.78, 5) is 29.4. The molecule has 2 aromatic heterocycles. The molecular weight excluding hydrogens is 425 g/mol. The van der Waals surface area contributed by atoms with E-state index in [2.05, 4.69) is 10.3 Å². The van der Waals surface area contributed by atoms with E-state index < -0.39 is 39.8 Å². The lowest BCUT2D eigenvalue weighted by Gasteiger charge is -2.30. The number of hydrogen-bond acceptors (Lipinski definition) is 5. The maximum Gasteiger partial charge on any atom is 0.341 e. The van der Waals surface area contributed by atoms with E-state index in [1.807, 2.05) is 0 Å². The fraction of sp³-hybridized carbons (Fsp3) is 0.211. The summed E-state index contributed by atoms with van der Waals surface area (Å²) >= 11 is 0. The lowest BCUT2D eigenvalue weighted by molar-refractivity contribution is 0.0695. The van der Waals surface area contributed by atoms with Crippen LogP contribution in [-0.4, -0.2) is 46.8 Å². The largest absolute Gasteiger partial charge is 0.477 e. The number of benzene rings is 1. The number of halogens is 4. The Hall–Kier alpha value is -3.11. The van der Waals surface area contributed by atoms with Gasteiger partial charge in [-0.1, -0.05) is 0 Å². The molecule has 30 heavy (non-hydrogen) atoms. The fourth-order valence-corrected chi connectivity index (χ4v) is 3.43. The number of rotatable bonds is 3. The van der Waals surface area contributed by atoms with E-state index in [1.165, 1.54) is 11.0 Å². The number of aromatic nitrogens is 2. The molecule has 0 atom stereocenters. The molecule has 3 heterocycles. The lowest BCUT2D eigenvalue weighted by atomic mass is 10.1. The van der Waals surface area contributed by atoms with Crippen LogP contribution in [0.2, 0.25) is 0 Å². The minimum Gasteiger partial charge on any atom is -0.477 e. The van der Waals surface area contributed by atoms with Gasteiger partial charge in [0.2, 0.25) is 5.43 Å². The number of pyridine rings is 2. The molecule has 0 saturated carbocycles. The molecule has 0 spiro atoms. The highest BCUT2D eigenvalue weighted by Crippen LogP contribution is 2.31. The predicted molar refractivity (Wildman–Crippen MR) is 107 cm³/mol. The molecule has 11 heteroatoms. The van der Waals surface area contributed by atoms with Gasteiger partial charge < -0.3 is 15.3 Å². The molecule has 0 aliphatic carbocycles. The third-order valence-corrected chi connectivity index (χ3v) is 4.78. The van der Waals surface area contributed by atoms with Crippen molar-refractivity contribution in [3.8, 4) is 5.82 Å². The maximum atomic E-state index is 15.5. The minimum absolute atomic E-state index is 0. The van der Waals surface area contributed by atoms with Crippen molar-refractivity contribution in [3.05, 3.63) is 63.8 Å². The molecule has 1 saturated heterocycles. The van der Waals surface area contributed by atoms with Crippen LogP contribution in [-0.2, 0) is 0 Å². The van der Waals surface area contributed by atoms with Crippen LogP contribution in [0.1, 0.15) is 10.4 Å². The van der Waals surface area contributed by atoms with Gasteiger partial charge in [-0.25, -0.2) is 22.9 Å². The van der Waals surface area contributed by atoms with Crippen LogP contribution >= 0.6 is 12.4 Å². The molecule has 4 rings (SSSR count). The second-order valence-electron chi connectivity index (χ2n) is 6.54. The van der Waals surface area contributed by atoms with Crippen molar-refractivity contribution < 1.29 is 23.1 Å². The average molecular weight is 441 g/mol. The number of fused-ring (bicyclic) bond motifs is 1. The third-order valence-electron chi connectivity index (χ3n) is 4.78. The normalized spacial score (nSPS) is 13.9. The molecule has 0 unspecified atom stereocenters. The highest BCUT2D eigenvalue weighted by molar-refractivity contribution is 5.94. The standard InChI is InChI=1S/C19H15F3N4O3.ClH/c20-10-1-2-14(24-8-10)26-9-12(19(28)29)18(27)11-7-13(21)17(15(22)16(11)26)25-5-3-23-4-6-25;/h1-2,7-9,23H,3-6H2,(H,28,29);1H. The first-order valence-corrected chi connectivity index (χ1v) is 8.76. The number of carboxylic acid groups (broad SMARTS) is 1. The summed E-state index contributed by atoms with van der Waals surface area (Å²) in [6.45, 7) is 1.76. The van der Waals surface area contributed by atoms with Gasteiger partial charge in [-0.2, -0.15) is 0 Å². The molecular formula is C19H16ClF3N4O3. The van der Waals surface area contributed by atoms with E-state index in [-0.39, 0.29) is 29.4 Å². The van der Waals surface area contributed by atoms with Gasteiger partial charge >= 0.3 is 5.97 Å². The lowest BCUT2D eigenvalue weighted by Crippen LogP contribution is -2.44. The van der Waals surface area contributed by atoms with Crippen molar-refractivity contribution in [1.29, 1.82) is 0 Å². The Morgan fingerprint density at radius 3 is 2.47 bits per heavy atom. The van der Waals surface area contributed by atoms with Gasteiger partial charge in [0.05, 0.1) is 17.1 Å². The van der Waals surface area contributed by atoms with Crippen molar-refractivity contribution in [2.45, 2.75) is 0 Å². The zero-order valence-electron chi connectivity index (χ0n) is 15.4. The Labute approximate surface area is 174 Å². The summed E-state index contributed by atoms with van der Waals surface area (Å²) < 4.78 is 44.6. The smallest absolute Gasteiger partial charge is 0.341 e. The molecule has 0 radical (unpaired) electrons. The monoisotopic (exact) mass is 440 g/mol. The van der Waals surface area contributed by atoms with Crippen LogP contribution in [0.15, 0.2) is 35.4 Å². The van der Waals surface area contributed by atoms with Crippen molar-refractivity contribution in [1.82, 2.24) is 14.9 Å². The van der Waals surface area contributed by atoms with Gasteiger partial charge in [0.25, 0.3) is 0 Å². The van der Waals surface area contributed by atoms with E-state index in [4.69, 9.17) is 0 Å². The van der Waals surface area contributed by atoms with Crippen molar-refractivity contribution in [3.63, 3.8) is 0 Å². The van der Waals surface area contributed by atoms with Crippen LogP contribution in [0, 0.1) is 17.5 Å².